The molecule has 1 amide bonds. The van der Waals surface area contributed by atoms with Crippen molar-refractivity contribution in [1.29, 1.82) is 0 Å². The van der Waals surface area contributed by atoms with E-state index in [1.165, 1.54) is 0 Å². The van der Waals surface area contributed by atoms with Crippen LogP contribution in [0.5, 0.6) is 0 Å². The van der Waals surface area contributed by atoms with Crippen LogP contribution in [-0.2, 0) is 4.79 Å². The summed E-state index contributed by atoms with van der Waals surface area (Å²) in [5.41, 5.74) is 0. The van der Waals surface area contributed by atoms with Crippen LogP contribution in [0.15, 0.2) is 0 Å². The van der Waals surface area contributed by atoms with Crippen LogP contribution in [0.3, 0.4) is 0 Å². The number of hydrogen-bond acceptors (Lipinski definition) is 1. The second kappa shape index (κ2) is 2.85. The number of nitrogens with zero attached hydrogens (tertiary/aromatic N) is 1. The van der Waals surface area contributed by atoms with Gasteiger partial charge in [-0.2, -0.15) is 0 Å². The molecule has 0 saturated carbocycles. The van der Waals surface area contributed by atoms with Crippen molar-refractivity contribution in [1.82, 2.24) is 4.90 Å². The molecule has 0 aliphatic carbocycles. The summed E-state index contributed by atoms with van der Waals surface area (Å²) in [7, 11) is 0. The average Bonchev–Trinajstić information content (AvgIpc) is 2.37. The molecule has 1 radical (unpaired) electrons. The fourth-order valence-corrected chi connectivity index (χ4v) is 1.04. The van der Waals surface area contributed by atoms with Crippen LogP contribution in [0.2, 0.25) is 0 Å². The molecule has 2 heteroatoms. The summed E-state index contributed by atoms with van der Waals surface area (Å²) in [6, 6.07) is 0. The lowest BCUT2D eigenvalue weighted by atomic mass is 10.4. The highest BCUT2D eigenvalue weighted by Gasteiger charge is 2.15. The molecule has 0 bridgehead atoms. The number of carbonyl (C=O) groups is 1. The van der Waals surface area contributed by atoms with E-state index in [2.05, 4.69) is 6.42 Å². The quantitative estimate of drug-likeness (QED) is 0.509. The molecule has 2 nitrogen and oxygen atoms in total. The molecular formula is C7H12NO. The van der Waals surface area contributed by atoms with Crippen LogP contribution >= 0.6 is 0 Å². The van der Waals surface area contributed by atoms with Gasteiger partial charge in [-0.3, -0.25) is 4.79 Å². The third-order valence-corrected chi connectivity index (χ3v) is 1.61. The first-order valence-electron chi connectivity index (χ1n) is 3.44. The number of likely N-dealkylation sites (tertiary alicyclic amines) is 1. The van der Waals surface area contributed by atoms with Gasteiger partial charge in [-0.1, -0.05) is 6.92 Å². The Morgan fingerprint density at radius 1 is 1.78 bits per heavy atom. The lowest BCUT2D eigenvalue weighted by Crippen LogP contribution is -2.26. The van der Waals surface area contributed by atoms with Crippen molar-refractivity contribution < 1.29 is 4.79 Å². The van der Waals surface area contributed by atoms with E-state index in [0.29, 0.717) is 6.42 Å². The molecule has 0 spiro atoms. The Morgan fingerprint density at radius 2 is 2.56 bits per heavy atom. The zero-order chi connectivity index (χ0) is 6.69. The molecule has 0 aromatic heterocycles. The Morgan fingerprint density at radius 3 is 3.00 bits per heavy atom. The topological polar surface area (TPSA) is 20.3 Å². The fraction of sp³-hybridized carbons (Fsp3) is 0.714. The first kappa shape index (κ1) is 6.59. The van der Waals surface area contributed by atoms with Gasteiger partial charge in [0.05, 0.1) is 0 Å². The highest BCUT2D eigenvalue weighted by molar-refractivity contribution is 5.76. The molecule has 1 rings (SSSR count). The van der Waals surface area contributed by atoms with E-state index in [0.717, 1.165) is 19.5 Å². The molecule has 0 atom stereocenters. The molecule has 51 valence electrons. The van der Waals surface area contributed by atoms with Gasteiger partial charge in [-0.15, -0.1) is 0 Å². The second-order valence-corrected chi connectivity index (χ2v) is 2.27. The Bertz CT molecular complexity index is 105. The molecule has 1 heterocycles. The minimum absolute atomic E-state index is 0.281. The monoisotopic (exact) mass is 126 g/mol. The predicted molar refractivity (Wildman–Crippen MR) is 35.8 cm³/mol. The fourth-order valence-electron chi connectivity index (χ4n) is 1.04. The van der Waals surface area contributed by atoms with E-state index in [4.69, 9.17) is 0 Å². The third-order valence-electron chi connectivity index (χ3n) is 1.61. The van der Waals surface area contributed by atoms with Crippen LogP contribution in [0, 0.1) is 6.42 Å². The summed E-state index contributed by atoms with van der Waals surface area (Å²) >= 11 is 0. The normalized spacial score (nSPS) is 18.6. The lowest BCUT2D eigenvalue weighted by molar-refractivity contribution is -0.129. The van der Waals surface area contributed by atoms with Crippen LogP contribution < -0.4 is 0 Å². The number of rotatable bonds is 1. The third kappa shape index (κ3) is 1.44. The van der Waals surface area contributed by atoms with Crippen LogP contribution in [-0.4, -0.2) is 23.9 Å². The first-order chi connectivity index (χ1) is 4.34. The molecule has 1 fully saturated rings. The summed E-state index contributed by atoms with van der Waals surface area (Å²) in [6.07, 6.45) is 3.87. The number of amides is 1. The molecule has 9 heavy (non-hydrogen) atoms. The smallest absolute Gasteiger partial charge is 0.222 e. The molecular weight excluding hydrogens is 114 g/mol. The highest BCUT2D eigenvalue weighted by atomic mass is 16.2. The van der Waals surface area contributed by atoms with E-state index in [-0.39, 0.29) is 5.91 Å². The maximum Gasteiger partial charge on any atom is 0.222 e. The van der Waals surface area contributed by atoms with E-state index in [1.54, 1.807) is 0 Å². The Labute approximate surface area is 55.8 Å². The molecule has 0 aromatic rings. The van der Waals surface area contributed by atoms with Gasteiger partial charge in [0.25, 0.3) is 0 Å². The largest absolute Gasteiger partial charge is 0.342 e. The standard InChI is InChI=1S/C7H12NO/c1-2-7(9)8-5-3-4-6-8/h3H,2,4-6H2,1H3. The summed E-state index contributed by atoms with van der Waals surface area (Å²) in [4.78, 5) is 12.8. The van der Waals surface area contributed by atoms with Crippen LogP contribution in [0.4, 0.5) is 0 Å². The van der Waals surface area contributed by atoms with E-state index in [9.17, 15) is 4.79 Å². The van der Waals surface area contributed by atoms with Gasteiger partial charge < -0.3 is 4.90 Å². The first-order valence-corrected chi connectivity index (χ1v) is 3.44. The lowest BCUT2D eigenvalue weighted by Gasteiger charge is -2.12. The Kier molecular flexibility index (Phi) is 2.09. The SMILES string of the molecule is CCC(=O)N1C[CH]CC1. The summed E-state index contributed by atoms with van der Waals surface area (Å²) < 4.78 is 0. The number of hydrogen-bond donors (Lipinski definition) is 0. The van der Waals surface area contributed by atoms with Gasteiger partial charge in [0, 0.05) is 19.5 Å². The van der Waals surface area contributed by atoms with E-state index >= 15 is 0 Å². The van der Waals surface area contributed by atoms with Gasteiger partial charge >= 0.3 is 0 Å². The second-order valence-electron chi connectivity index (χ2n) is 2.27. The van der Waals surface area contributed by atoms with E-state index < -0.39 is 0 Å². The van der Waals surface area contributed by atoms with Gasteiger partial charge in [0.2, 0.25) is 5.91 Å². The van der Waals surface area contributed by atoms with Gasteiger partial charge in [-0.25, -0.2) is 0 Å². The van der Waals surface area contributed by atoms with Crippen LogP contribution in [0.25, 0.3) is 0 Å². The van der Waals surface area contributed by atoms with Crippen molar-refractivity contribution in [3.63, 3.8) is 0 Å². The minimum atomic E-state index is 0.281. The summed E-state index contributed by atoms with van der Waals surface area (Å²) in [6.45, 7) is 3.71. The van der Waals surface area contributed by atoms with Gasteiger partial charge in [0.1, 0.15) is 0 Å². The summed E-state index contributed by atoms with van der Waals surface area (Å²) in [5.74, 6) is 0.281. The zero-order valence-corrected chi connectivity index (χ0v) is 5.76. The highest BCUT2D eigenvalue weighted by Crippen LogP contribution is 2.06. The average molecular weight is 126 g/mol. The maximum absolute atomic E-state index is 10.9. The van der Waals surface area contributed by atoms with E-state index in [1.807, 2.05) is 11.8 Å². The minimum Gasteiger partial charge on any atom is -0.342 e. The summed E-state index contributed by atoms with van der Waals surface area (Å²) in [5, 5.41) is 0. The maximum atomic E-state index is 10.9. The van der Waals surface area contributed by atoms with Crippen molar-refractivity contribution in [2.24, 2.45) is 0 Å². The molecule has 1 aliphatic heterocycles. The van der Waals surface area contributed by atoms with Crippen molar-refractivity contribution in [3.05, 3.63) is 6.42 Å². The van der Waals surface area contributed by atoms with Gasteiger partial charge in [0.15, 0.2) is 0 Å². The van der Waals surface area contributed by atoms with Crippen molar-refractivity contribution in [2.75, 3.05) is 13.1 Å². The Hall–Kier alpha value is -0.530. The Balaban J connectivity index is 2.32. The molecule has 0 unspecified atom stereocenters. The predicted octanol–water partition coefficient (Wildman–Crippen LogP) is 0.833. The molecule has 1 saturated heterocycles. The number of carbonyl (C=O) groups excluding carboxylic acids is 1. The zero-order valence-electron chi connectivity index (χ0n) is 5.76. The van der Waals surface area contributed by atoms with Gasteiger partial charge in [-0.05, 0) is 12.8 Å². The van der Waals surface area contributed by atoms with Crippen molar-refractivity contribution >= 4 is 5.91 Å². The molecule has 1 aliphatic rings. The van der Waals surface area contributed by atoms with Crippen molar-refractivity contribution in [3.8, 4) is 0 Å². The van der Waals surface area contributed by atoms with Crippen molar-refractivity contribution in [2.45, 2.75) is 19.8 Å². The van der Waals surface area contributed by atoms with Crippen LogP contribution in [0.1, 0.15) is 19.8 Å². The molecule has 0 aromatic carbocycles. The molecule has 0 N–H and O–H groups in total.